The molecule has 28 heavy (non-hydrogen) atoms. The van der Waals surface area contributed by atoms with Crippen LogP contribution in [0.3, 0.4) is 0 Å². The predicted molar refractivity (Wildman–Crippen MR) is 101 cm³/mol. The van der Waals surface area contributed by atoms with Crippen LogP contribution in [0.1, 0.15) is 10.4 Å². The minimum atomic E-state index is -1.39. The molecule has 0 saturated carbocycles. The number of fused-ring (bicyclic) bond motifs is 1. The summed E-state index contributed by atoms with van der Waals surface area (Å²) in [5, 5.41) is 20.0. The monoisotopic (exact) mass is 377 g/mol. The van der Waals surface area contributed by atoms with Gasteiger partial charge in [0.05, 0.1) is 5.52 Å². The largest absolute Gasteiger partial charge is 0.505 e. The van der Waals surface area contributed by atoms with Gasteiger partial charge in [0.2, 0.25) is 0 Å². The lowest BCUT2D eigenvalue weighted by atomic mass is 9.99. The molecule has 6 heteroatoms. The van der Waals surface area contributed by atoms with Crippen LogP contribution in [-0.2, 0) is 0 Å². The maximum atomic E-state index is 14.0. The van der Waals surface area contributed by atoms with Gasteiger partial charge in [0, 0.05) is 16.5 Å². The summed E-state index contributed by atoms with van der Waals surface area (Å²) in [4.78, 5) is 16.0. The predicted octanol–water partition coefficient (Wildman–Crippen LogP) is 5.25. The Hall–Kier alpha value is -3.80. The number of pyridine rings is 1. The number of benzene rings is 3. The lowest BCUT2D eigenvalue weighted by Crippen LogP contribution is -2.02. The maximum absolute atomic E-state index is 14.0. The van der Waals surface area contributed by atoms with Crippen LogP contribution >= 0.6 is 0 Å². The molecule has 0 fully saturated rings. The SMILES string of the molecule is O=C(O)c1c(O)c(-c2ccc(-c3ccccc3F)cc2)nc2ccc(F)cc12. The van der Waals surface area contributed by atoms with Crippen LogP contribution in [0, 0.1) is 11.6 Å². The summed E-state index contributed by atoms with van der Waals surface area (Å²) >= 11 is 0. The van der Waals surface area contributed by atoms with Crippen molar-refractivity contribution in [2.45, 2.75) is 0 Å². The molecule has 0 aliphatic heterocycles. The van der Waals surface area contributed by atoms with E-state index in [0.717, 1.165) is 6.07 Å². The molecule has 0 aliphatic carbocycles. The number of hydrogen-bond acceptors (Lipinski definition) is 3. The first kappa shape index (κ1) is 17.6. The van der Waals surface area contributed by atoms with Gasteiger partial charge < -0.3 is 10.2 Å². The van der Waals surface area contributed by atoms with Crippen LogP contribution in [0.2, 0.25) is 0 Å². The van der Waals surface area contributed by atoms with Gasteiger partial charge in [0.1, 0.15) is 22.9 Å². The van der Waals surface area contributed by atoms with E-state index >= 15 is 0 Å². The molecule has 0 radical (unpaired) electrons. The molecule has 0 amide bonds. The summed E-state index contributed by atoms with van der Waals surface area (Å²) in [5.41, 5.74) is 1.37. The average molecular weight is 377 g/mol. The van der Waals surface area contributed by atoms with Crippen LogP contribution in [0.25, 0.3) is 33.3 Å². The number of halogens is 2. The number of carboxylic acids is 1. The third kappa shape index (κ3) is 2.95. The molecular formula is C22H13F2NO3. The quantitative estimate of drug-likeness (QED) is 0.512. The second-order valence-corrected chi connectivity index (χ2v) is 6.21. The van der Waals surface area contributed by atoms with Gasteiger partial charge in [0.25, 0.3) is 0 Å². The molecule has 138 valence electrons. The summed E-state index contributed by atoms with van der Waals surface area (Å²) < 4.78 is 27.5. The van der Waals surface area contributed by atoms with Crippen molar-refractivity contribution in [1.29, 1.82) is 0 Å². The van der Waals surface area contributed by atoms with E-state index < -0.39 is 23.1 Å². The number of carbonyl (C=O) groups is 1. The second-order valence-electron chi connectivity index (χ2n) is 6.21. The van der Waals surface area contributed by atoms with Gasteiger partial charge in [-0.1, -0.05) is 42.5 Å². The summed E-state index contributed by atoms with van der Waals surface area (Å²) in [6, 6.07) is 16.4. The van der Waals surface area contributed by atoms with E-state index in [0.29, 0.717) is 16.7 Å². The standard InChI is InChI=1S/C22H13F2NO3/c23-14-9-10-18-16(11-14)19(22(27)28)21(26)20(25-18)13-7-5-12(6-8-13)15-3-1-2-4-17(15)24/h1-11,26H,(H,27,28). The highest BCUT2D eigenvalue weighted by Gasteiger charge is 2.21. The second kappa shape index (κ2) is 6.74. The summed E-state index contributed by atoms with van der Waals surface area (Å²) in [6.45, 7) is 0. The first-order chi connectivity index (χ1) is 13.5. The lowest BCUT2D eigenvalue weighted by molar-refractivity contribution is 0.0696. The third-order valence-corrected chi connectivity index (χ3v) is 4.48. The molecule has 4 nitrogen and oxygen atoms in total. The number of aromatic carboxylic acids is 1. The number of nitrogens with zero attached hydrogens (tertiary/aromatic N) is 1. The Kier molecular flexibility index (Phi) is 4.24. The van der Waals surface area contributed by atoms with Crippen LogP contribution < -0.4 is 0 Å². The maximum Gasteiger partial charge on any atom is 0.340 e. The molecule has 1 aromatic heterocycles. The van der Waals surface area contributed by atoms with Crippen molar-refractivity contribution >= 4 is 16.9 Å². The first-order valence-electron chi connectivity index (χ1n) is 8.36. The summed E-state index contributed by atoms with van der Waals surface area (Å²) in [6.07, 6.45) is 0. The van der Waals surface area contributed by atoms with E-state index in [1.54, 1.807) is 42.5 Å². The van der Waals surface area contributed by atoms with Gasteiger partial charge in [-0.05, 0) is 29.8 Å². The summed E-state index contributed by atoms with van der Waals surface area (Å²) in [7, 11) is 0. The topological polar surface area (TPSA) is 70.4 Å². The fraction of sp³-hybridized carbons (Fsp3) is 0. The Balaban J connectivity index is 1.88. The number of aromatic nitrogens is 1. The molecule has 3 aromatic carbocycles. The zero-order chi connectivity index (χ0) is 19.8. The Bertz CT molecular complexity index is 1220. The minimum absolute atomic E-state index is 0.0109. The van der Waals surface area contributed by atoms with Gasteiger partial charge >= 0.3 is 5.97 Å². The first-order valence-corrected chi connectivity index (χ1v) is 8.36. The fourth-order valence-corrected chi connectivity index (χ4v) is 3.15. The van der Waals surface area contributed by atoms with E-state index in [2.05, 4.69) is 4.98 Å². The lowest BCUT2D eigenvalue weighted by Gasteiger charge is -2.11. The van der Waals surface area contributed by atoms with Gasteiger partial charge in [0.15, 0.2) is 5.75 Å². The minimum Gasteiger partial charge on any atom is -0.505 e. The molecule has 0 unspecified atom stereocenters. The Morgan fingerprint density at radius 2 is 1.57 bits per heavy atom. The average Bonchev–Trinajstić information content (AvgIpc) is 2.68. The molecule has 0 atom stereocenters. The zero-order valence-electron chi connectivity index (χ0n) is 14.4. The number of hydrogen-bond donors (Lipinski definition) is 2. The molecule has 0 bridgehead atoms. The number of carboxylic acid groups (broad SMARTS) is 1. The van der Waals surface area contributed by atoms with Crippen LogP contribution in [0.5, 0.6) is 5.75 Å². The van der Waals surface area contributed by atoms with Gasteiger partial charge in [-0.25, -0.2) is 18.6 Å². The summed E-state index contributed by atoms with van der Waals surface area (Å²) in [5.74, 6) is -2.93. The van der Waals surface area contributed by atoms with Crippen molar-refractivity contribution in [1.82, 2.24) is 4.98 Å². The van der Waals surface area contributed by atoms with Crippen molar-refractivity contribution in [2.75, 3.05) is 0 Å². The van der Waals surface area contributed by atoms with E-state index in [1.807, 2.05) is 0 Å². The van der Waals surface area contributed by atoms with Crippen LogP contribution in [0.15, 0.2) is 66.7 Å². The Morgan fingerprint density at radius 3 is 2.25 bits per heavy atom. The van der Waals surface area contributed by atoms with Crippen molar-refractivity contribution < 1.29 is 23.8 Å². The molecule has 2 N–H and O–H groups in total. The molecule has 0 saturated heterocycles. The molecule has 4 rings (SSSR count). The van der Waals surface area contributed by atoms with Crippen molar-refractivity contribution in [3.63, 3.8) is 0 Å². The molecule has 1 heterocycles. The van der Waals surface area contributed by atoms with Gasteiger partial charge in [-0.15, -0.1) is 0 Å². The van der Waals surface area contributed by atoms with E-state index in [-0.39, 0.29) is 22.4 Å². The van der Waals surface area contributed by atoms with Crippen molar-refractivity contribution in [3.8, 4) is 28.1 Å². The highest BCUT2D eigenvalue weighted by Crippen LogP contribution is 2.36. The molecule has 0 spiro atoms. The zero-order valence-corrected chi connectivity index (χ0v) is 14.4. The highest BCUT2D eigenvalue weighted by molar-refractivity contribution is 6.07. The normalized spacial score (nSPS) is 10.9. The van der Waals surface area contributed by atoms with Crippen molar-refractivity contribution in [3.05, 3.63) is 83.9 Å². The Labute approximate surface area is 158 Å². The smallest absolute Gasteiger partial charge is 0.340 e. The van der Waals surface area contributed by atoms with Crippen LogP contribution in [0.4, 0.5) is 8.78 Å². The van der Waals surface area contributed by atoms with Crippen molar-refractivity contribution in [2.24, 2.45) is 0 Å². The van der Waals surface area contributed by atoms with E-state index in [4.69, 9.17) is 0 Å². The van der Waals surface area contributed by atoms with E-state index in [9.17, 15) is 23.8 Å². The molecule has 4 aromatic rings. The van der Waals surface area contributed by atoms with Gasteiger partial charge in [-0.2, -0.15) is 0 Å². The van der Waals surface area contributed by atoms with E-state index in [1.165, 1.54) is 18.2 Å². The highest BCUT2D eigenvalue weighted by atomic mass is 19.1. The fourth-order valence-electron chi connectivity index (χ4n) is 3.15. The van der Waals surface area contributed by atoms with Crippen LogP contribution in [-0.4, -0.2) is 21.2 Å². The molecule has 0 aliphatic rings. The molecular weight excluding hydrogens is 364 g/mol. The third-order valence-electron chi connectivity index (χ3n) is 4.48. The van der Waals surface area contributed by atoms with Gasteiger partial charge in [-0.3, -0.25) is 0 Å². The number of rotatable bonds is 3. The Morgan fingerprint density at radius 1 is 0.893 bits per heavy atom. The number of aromatic hydroxyl groups is 1.